The van der Waals surface area contributed by atoms with Crippen LogP contribution in [0.25, 0.3) is 0 Å². The van der Waals surface area contributed by atoms with Gasteiger partial charge in [-0.15, -0.1) is 11.3 Å². The number of allylic oxidation sites excluding steroid dienone is 3. The zero-order valence-electron chi connectivity index (χ0n) is 20.7. The van der Waals surface area contributed by atoms with Gasteiger partial charge in [-0.05, 0) is 48.9 Å². The molecule has 1 N–H and O–H groups in total. The molecule has 2 heterocycles. The number of methoxy groups -OCH3 is 3. The van der Waals surface area contributed by atoms with E-state index < -0.39 is 11.9 Å². The first-order chi connectivity index (χ1) is 16.9. The predicted molar refractivity (Wildman–Crippen MR) is 134 cm³/mol. The summed E-state index contributed by atoms with van der Waals surface area (Å²) >= 11 is 1.66. The minimum absolute atomic E-state index is 0.0178. The number of dihydropyridines is 1. The number of esters is 1. The number of ketones is 1. The molecule has 0 bridgehead atoms. The third-order valence-corrected chi connectivity index (χ3v) is 7.49. The first-order valence-electron chi connectivity index (χ1n) is 11.7. The quantitative estimate of drug-likeness (QED) is 0.509. The topological polar surface area (TPSA) is 83.1 Å². The standard InChI is InChI=1S/C27H31NO6S/c1-6-9-34-27(30)23-15(2)28-18-11-16(22-8-7-10-35-22)12-19(29)25(18)24(23)17-13-20(31-3)26(33-5)21(14-17)32-4/h7-8,10,13-14,16,24,28H,6,9,11-12H2,1-5H3/t16-,24-/m0/s1. The van der Waals surface area contributed by atoms with E-state index in [4.69, 9.17) is 18.9 Å². The van der Waals surface area contributed by atoms with E-state index in [2.05, 4.69) is 11.4 Å². The Hall–Kier alpha value is -3.26. The second-order valence-corrected chi connectivity index (χ2v) is 9.61. The molecule has 2 aliphatic rings. The van der Waals surface area contributed by atoms with E-state index in [1.807, 2.05) is 25.3 Å². The highest BCUT2D eigenvalue weighted by Gasteiger charge is 2.42. The van der Waals surface area contributed by atoms with Crippen LogP contribution in [0.5, 0.6) is 17.2 Å². The van der Waals surface area contributed by atoms with Crippen molar-refractivity contribution in [3.05, 3.63) is 62.6 Å². The molecule has 0 unspecified atom stereocenters. The highest BCUT2D eigenvalue weighted by Crippen LogP contribution is 2.49. The number of carbonyl (C=O) groups excluding carboxylic acids is 2. The first kappa shape index (κ1) is 24.9. The second kappa shape index (κ2) is 10.6. The van der Waals surface area contributed by atoms with Gasteiger partial charge in [0.05, 0.1) is 33.5 Å². The summed E-state index contributed by atoms with van der Waals surface area (Å²) in [4.78, 5) is 28.1. The van der Waals surface area contributed by atoms with Crippen molar-refractivity contribution in [1.29, 1.82) is 0 Å². The molecule has 1 aromatic carbocycles. The number of rotatable bonds is 8. The molecule has 7 nitrogen and oxygen atoms in total. The molecular formula is C27H31NO6S. The zero-order chi connectivity index (χ0) is 25.1. The van der Waals surface area contributed by atoms with Crippen LogP contribution in [0.2, 0.25) is 0 Å². The van der Waals surface area contributed by atoms with Crippen LogP contribution in [-0.2, 0) is 14.3 Å². The first-order valence-corrected chi connectivity index (χ1v) is 12.6. The molecule has 2 aromatic rings. The molecule has 0 saturated heterocycles. The van der Waals surface area contributed by atoms with Gasteiger partial charge >= 0.3 is 5.97 Å². The number of ether oxygens (including phenoxy) is 4. The average molecular weight is 498 g/mol. The van der Waals surface area contributed by atoms with Crippen LogP contribution < -0.4 is 19.5 Å². The number of nitrogens with one attached hydrogen (secondary N) is 1. The van der Waals surface area contributed by atoms with E-state index in [1.54, 1.807) is 37.7 Å². The fourth-order valence-corrected chi connectivity index (χ4v) is 5.74. The molecule has 35 heavy (non-hydrogen) atoms. The Labute approximate surface area is 209 Å². The minimum Gasteiger partial charge on any atom is -0.493 e. The maximum absolute atomic E-state index is 13.7. The van der Waals surface area contributed by atoms with Gasteiger partial charge in [-0.3, -0.25) is 4.79 Å². The lowest BCUT2D eigenvalue weighted by molar-refractivity contribution is -0.139. The smallest absolute Gasteiger partial charge is 0.336 e. The Morgan fingerprint density at radius 2 is 1.83 bits per heavy atom. The average Bonchev–Trinajstić information content (AvgIpc) is 3.40. The van der Waals surface area contributed by atoms with Crippen molar-refractivity contribution in [3.8, 4) is 17.2 Å². The van der Waals surface area contributed by atoms with Gasteiger partial charge in [-0.25, -0.2) is 4.79 Å². The number of hydrogen-bond acceptors (Lipinski definition) is 8. The SMILES string of the molecule is CCCOC(=O)C1=C(C)NC2=C(C(=O)C[C@@H](c3cccs3)C2)[C@H]1c1cc(OC)c(OC)c(OC)c1. The molecule has 0 amide bonds. The van der Waals surface area contributed by atoms with Crippen LogP contribution >= 0.6 is 11.3 Å². The summed E-state index contributed by atoms with van der Waals surface area (Å²) in [5, 5.41) is 5.41. The molecular weight excluding hydrogens is 466 g/mol. The molecule has 2 atom stereocenters. The van der Waals surface area contributed by atoms with Gasteiger partial charge in [-0.2, -0.15) is 0 Å². The Morgan fingerprint density at radius 1 is 1.11 bits per heavy atom. The van der Waals surface area contributed by atoms with Gasteiger partial charge in [0, 0.05) is 40.1 Å². The van der Waals surface area contributed by atoms with Crippen LogP contribution in [0.4, 0.5) is 0 Å². The van der Waals surface area contributed by atoms with Crippen molar-refractivity contribution in [2.24, 2.45) is 0 Å². The fourth-order valence-electron chi connectivity index (χ4n) is 4.91. The zero-order valence-corrected chi connectivity index (χ0v) is 21.5. The Kier molecular flexibility index (Phi) is 7.50. The van der Waals surface area contributed by atoms with E-state index >= 15 is 0 Å². The lowest BCUT2D eigenvalue weighted by Gasteiger charge is -2.36. The van der Waals surface area contributed by atoms with Crippen molar-refractivity contribution in [1.82, 2.24) is 5.32 Å². The van der Waals surface area contributed by atoms with E-state index in [0.717, 1.165) is 5.70 Å². The number of carbonyl (C=O) groups is 2. The molecule has 186 valence electrons. The highest BCUT2D eigenvalue weighted by molar-refractivity contribution is 7.10. The summed E-state index contributed by atoms with van der Waals surface area (Å²) in [5.41, 5.74) is 3.26. The van der Waals surface area contributed by atoms with Gasteiger partial charge in [0.15, 0.2) is 17.3 Å². The Morgan fingerprint density at radius 3 is 2.40 bits per heavy atom. The molecule has 4 rings (SSSR count). The summed E-state index contributed by atoms with van der Waals surface area (Å²) in [6.07, 6.45) is 1.78. The molecule has 1 aromatic heterocycles. The number of hydrogen-bond donors (Lipinski definition) is 1. The summed E-state index contributed by atoms with van der Waals surface area (Å²) in [7, 11) is 4.63. The lowest BCUT2D eigenvalue weighted by Crippen LogP contribution is -2.36. The minimum atomic E-state index is -0.610. The molecule has 8 heteroatoms. The maximum atomic E-state index is 13.7. The molecule has 0 radical (unpaired) electrons. The summed E-state index contributed by atoms with van der Waals surface area (Å²) in [5.74, 6) is 0.448. The van der Waals surface area contributed by atoms with Crippen LogP contribution in [0, 0.1) is 0 Å². The Balaban J connectivity index is 1.87. The third kappa shape index (κ3) is 4.67. The normalized spacial score (nSPS) is 19.7. The lowest BCUT2D eigenvalue weighted by atomic mass is 9.72. The van der Waals surface area contributed by atoms with E-state index in [-0.39, 0.29) is 11.7 Å². The molecule has 1 aliphatic heterocycles. The van der Waals surface area contributed by atoms with Crippen molar-refractivity contribution in [2.45, 2.75) is 44.9 Å². The van der Waals surface area contributed by atoms with Crippen LogP contribution in [0.1, 0.15) is 55.4 Å². The Bertz CT molecular complexity index is 1160. The van der Waals surface area contributed by atoms with Crippen LogP contribution in [0.15, 0.2) is 52.2 Å². The molecule has 0 fully saturated rings. The second-order valence-electron chi connectivity index (χ2n) is 8.63. The van der Waals surface area contributed by atoms with Crippen LogP contribution in [-0.4, -0.2) is 39.7 Å². The predicted octanol–water partition coefficient (Wildman–Crippen LogP) is 5.09. The summed E-state index contributed by atoms with van der Waals surface area (Å²) in [6.45, 7) is 4.11. The fraction of sp³-hybridized carbons (Fsp3) is 0.407. The monoisotopic (exact) mass is 497 g/mol. The van der Waals surface area contributed by atoms with Crippen LogP contribution in [0.3, 0.4) is 0 Å². The van der Waals surface area contributed by atoms with Gasteiger partial charge in [0.25, 0.3) is 0 Å². The largest absolute Gasteiger partial charge is 0.493 e. The molecule has 0 saturated carbocycles. The number of thiophene rings is 1. The summed E-state index contributed by atoms with van der Waals surface area (Å²) in [6, 6.07) is 7.69. The van der Waals surface area contributed by atoms with E-state index in [9.17, 15) is 9.59 Å². The highest BCUT2D eigenvalue weighted by atomic mass is 32.1. The van der Waals surface area contributed by atoms with Crippen molar-refractivity contribution >= 4 is 23.1 Å². The van der Waals surface area contributed by atoms with E-state index in [1.165, 1.54) is 12.0 Å². The van der Waals surface area contributed by atoms with Gasteiger partial charge < -0.3 is 24.3 Å². The number of Topliss-reactive ketones (excluding diaryl/α,β-unsaturated/α-hetero) is 1. The van der Waals surface area contributed by atoms with Gasteiger partial charge in [0.2, 0.25) is 5.75 Å². The van der Waals surface area contributed by atoms with Crippen molar-refractivity contribution < 1.29 is 28.5 Å². The van der Waals surface area contributed by atoms with Gasteiger partial charge in [-0.1, -0.05) is 13.0 Å². The molecule has 1 aliphatic carbocycles. The van der Waals surface area contributed by atoms with Crippen molar-refractivity contribution in [3.63, 3.8) is 0 Å². The van der Waals surface area contributed by atoms with Gasteiger partial charge in [0.1, 0.15) is 0 Å². The van der Waals surface area contributed by atoms with E-state index in [0.29, 0.717) is 65.5 Å². The maximum Gasteiger partial charge on any atom is 0.336 e. The number of benzene rings is 1. The van der Waals surface area contributed by atoms with Crippen molar-refractivity contribution in [2.75, 3.05) is 27.9 Å². The summed E-state index contributed by atoms with van der Waals surface area (Å²) < 4.78 is 22.2. The third-order valence-electron chi connectivity index (χ3n) is 6.45. The molecule has 0 spiro atoms.